The molecule has 0 radical (unpaired) electrons. The fourth-order valence-electron chi connectivity index (χ4n) is 1.50. The van der Waals surface area contributed by atoms with Crippen LogP contribution in [0.4, 0.5) is 5.69 Å². The highest BCUT2D eigenvalue weighted by molar-refractivity contribution is 5.99. The van der Waals surface area contributed by atoms with Gasteiger partial charge in [0.1, 0.15) is 5.75 Å². The van der Waals surface area contributed by atoms with Crippen molar-refractivity contribution in [3.63, 3.8) is 0 Å². The van der Waals surface area contributed by atoms with Crippen LogP contribution in [-0.4, -0.2) is 12.5 Å². The van der Waals surface area contributed by atoms with Crippen LogP contribution in [0.15, 0.2) is 18.2 Å². The van der Waals surface area contributed by atoms with E-state index in [1.165, 1.54) is 0 Å². The van der Waals surface area contributed by atoms with Crippen molar-refractivity contribution in [3.05, 3.63) is 23.8 Å². The number of amides is 1. The summed E-state index contributed by atoms with van der Waals surface area (Å²) in [6.07, 6.45) is 1.48. The zero-order valence-electron chi connectivity index (χ0n) is 8.17. The van der Waals surface area contributed by atoms with Crippen molar-refractivity contribution in [2.24, 2.45) is 0 Å². The van der Waals surface area contributed by atoms with E-state index in [4.69, 9.17) is 4.74 Å². The van der Waals surface area contributed by atoms with Gasteiger partial charge in [-0.05, 0) is 18.1 Å². The van der Waals surface area contributed by atoms with Gasteiger partial charge in [-0.2, -0.15) is 0 Å². The molecule has 0 spiro atoms. The fraction of sp³-hybridized carbons (Fsp3) is 0.364. The number of ether oxygens (including phenoxy) is 1. The van der Waals surface area contributed by atoms with E-state index in [1.807, 2.05) is 18.2 Å². The molecule has 3 heteroatoms. The van der Waals surface area contributed by atoms with Gasteiger partial charge in [0.25, 0.3) is 0 Å². The first-order chi connectivity index (χ1) is 6.79. The first kappa shape index (κ1) is 9.06. The molecular weight excluding hydrogens is 178 g/mol. The molecule has 0 unspecified atom stereocenters. The molecule has 3 nitrogen and oxygen atoms in total. The monoisotopic (exact) mass is 191 g/mol. The Morgan fingerprint density at radius 2 is 2.36 bits per heavy atom. The van der Waals surface area contributed by atoms with Crippen molar-refractivity contribution in [2.45, 2.75) is 19.8 Å². The quantitative estimate of drug-likeness (QED) is 0.793. The third-order valence-electron chi connectivity index (χ3n) is 2.18. The number of hydrogen-bond donors (Lipinski definition) is 1. The van der Waals surface area contributed by atoms with Gasteiger partial charge in [-0.15, -0.1) is 0 Å². The second-order valence-electron chi connectivity index (χ2n) is 3.39. The van der Waals surface area contributed by atoms with Gasteiger partial charge in [0.2, 0.25) is 5.91 Å². The van der Waals surface area contributed by atoms with E-state index >= 15 is 0 Å². The van der Waals surface area contributed by atoms with Crippen molar-refractivity contribution in [1.29, 1.82) is 0 Å². The Bertz CT molecular complexity index is 360. The van der Waals surface area contributed by atoms with Crippen LogP contribution in [0.3, 0.4) is 0 Å². The third-order valence-corrected chi connectivity index (χ3v) is 2.18. The van der Waals surface area contributed by atoms with Gasteiger partial charge in [0, 0.05) is 11.8 Å². The normalized spacial score (nSPS) is 13.6. The largest absolute Gasteiger partial charge is 0.494 e. The highest BCUT2D eigenvalue weighted by Crippen LogP contribution is 2.27. The average Bonchev–Trinajstić information content (AvgIpc) is 2.54. The predicted molar refractivity (Wildman–Crippen MR) is 54.6 cm³/mol. The number of fused-ring (bicyclic) bond motifs is 1. The smallest absolute Gasteiger partial charge is 0.228 e. The van der Waals surface area contributed by atoms with Crippen molar-refractivity contribution >= 4 is 11.6 Å². The Morgan fingerprint density at radius 3 is 3.14 bits per heavy atom. The van der Waals surface area contributed by atoms with E-state index in [0.717, 1.165) is 23.4 Å². The molecule has 1 aliphatic rings. The minimum absolute atomic E-state index is 0.0626. The molecule has 0 fully saturated rings. The first-order valence-corrected chi connectivity index (χ1v) is 4.85. The van der Waals surface area contributed by atoms with E-state index in [2.05, 4.69) is 12.2 Å². The SMILES string of the molecule is CCCOc1ccc2c(c1)NC(=O)C2. The van der Waals surface area contributed by atoms with Gasteiger partial charge in [0.05, 0.1) is 13.0 Å². The van der Waals surface area contributed by atoms with Gasteiger partial charge in [0.15, 0.2) is 0 Å². The first-order valence-electron chi connectivity index (χ1n) is 4.85. The van der Waals surface area contributed by atoms with Gasteiger partial charge in [-0.3, -0.25) is 4.79 Å². The zero-order chi connectivity index (χ0) is 9.97. The Hall–Kier alpha value is -1.51. The third kappa shape index (κ3) is 1.71. The highest BCUT2D eigenvalue weighted by atomic mass is 16.5. The molecule has 0 aromatic heterocycles. The van der Waals surface area contributed by atoms with Crippen LogP contribution in [0.1, 0.15) is 18.9 Å². The molecule has 0 atom stereocenters. The molecule has 1 N–H and O–H groups in total. The summed E-state index contributed by atoms with van der Waals surface area (Å²) in [6.45, 7) is 2.78. The van der Waals surface area contributed by atoms with E-state index in [0.29, 0.717) is 13.0 Å². The van der Waals surface area contributed by atoms with E-state index in [9.17, 15) is 4.79 Å². The molecule has 0 saturated carbocycles. The maximum absolute atomic E-state index is 11.1. The molecule has 1 aromatic rings. The lowest BCUT2D eigenvalue weighted by atomic mass is 10.1. The lowest BCUT2D eigenvalue weighted by Crippen LogP contribution is -2.03. The molecular formula is C11H13NO2. The van der Waals surface area contributed by atoms with E-state index in [1.54, 1.807) is 0 Å². The topological polar surface area (TPSA) is 38.3 Å². The van der Waals surface area contributed by atoms with Gasteiger partial charge < -0.3 is 10.1 Å². The van der Waals surface area contributed by atoms with Crippen molar-refractivity contribution < 1.29 is 9.53 Å². The second-order valence-corrected chi connectivity index (χ2v) is 3.39. The predicted octanol–water partition coefficient (Wildman–Crippen LogP) is 1.97. The number of anilines is 1. The van der Waals surface area contributed by atoms with Crippen LogP contribution in [0.2, 0.25) is 0 Å². The molecule has 1 aromatic carbocycles. The van der Waals surface area contributed by atoms with Gasteiger partial charge in [-0.1, -0.05) is 13.0 Å². The molecule has 1 aliphatic heterocycles. The molecule has 14 heavy (non-hydrogen) atoms. The summed E-state index contributed by atoms with van der Waals surface area (Å²) in [7, 11) is 0. The summed E-state index contributed by atoms with van der Waals surface area (Å²) in [5, 5.41) is 2.80. The molecule has 1 amide bonds. The molecule has 74 valence electrons. The lowest BCUT2D eigenvalue weighted by Gasteiger charge is -2.05. The van der Waals surface area contributed by atoms with E-state index < -0.39 is 0 Å². The molecule has 0 aliphatic carbocycles. The van der Waals surface area contributed by atoms with Crippen LogP contribution in [0.5, 0.6) is 5.75 Å². The number of rotatable bonds is 3. The minimum Gasteiger partial charge on any atom is -0.494 e. The second kappa shape index (κ2) is 3.70. The average molecular weight is 191 g/mol. The number of carbonyl (C=O) groups is 1. The molecule has 2 rings (SSSR count). The van der Waals surface area contributed by atoms with Crippen LogP contribution in [0, 0.1) is 0 Å². The maximum atomic E-state index is 11.1. The molecule has 0 saturated heterocycles. The highest BCUT2D eigenvalue weighted by Gasteiger charge is 2.17. The Morgan fingerprint density at radius 1 is 1.50 bits per heavy atom. The van der Waals surface area contributed by atoms with Crippen molar-refractivity contribution in [2.75, 3.05) is 11.9 Å². The van der Waals surface area contributed by atoms with Crippen LogP contribution in [0.25, 0.3) is 0 Å². The maximum Gasteiger partial charge on any atom is 0.228 e. The summed E-state index contributed by atoms with van der Waals surface area (Å²) in [5.41, 5.74) is 1.95. The summed E-state index contributed by atoms with van der Waals surface area (Å²) in [6, 6.07) is 5.74. The van der Waals surface area contributed by atoms with Gasteiger partial charge >= 0.3 is 0 Å². The number of carbonyl (C=O) groups excluding carboxylic acids is 1. The number of benzene rings is 1. The molecule has 0 bridgehead atoms. The summed E-state index contributed by atoms with van der Waals surface area (Å²) < 4.78 is 5.46. The Balaban J connectivity index is 2.16. The Kier molecular flexibility index (Phi) is 2.39. The van der Waals surface area contributed by atoms with E-state index in [-0.39, 0.29) is 5.91 Å². The minimum atomic E-state index is 0.0626. The van der Waals surface area contributed by atoms with Crippen molar-refractivity contribution in [1.82, 2.24) is 0 Å². The summed E-state index contributed by atoms with van der Waals surface area (Å²) in [4.78, 5) is 11.1. The summed E-state index contributed by atoms with van der Waals surface area (Å²) >= 11 is 0. The van der Waals surface area contributed by atoms with Crippen LogP contribution < -0.4 is 10.1 Å². The standard InChI is InChI=1S/C11H13NO2/c1-2-5-14-9-4-3-8-6-11(13)12-10(8)7-9/h3-4,7H,2,5-6H2,1H3,(H,12,13). The fourth-order valence-corrected chi connectivity index (χ4v) is 1.50. The zero-order valence-corrected chi connectivity index (χ0v) is 8.17. The summed E-state index contributed by atoms with van der Waals surface area (Å²) in [5.74, 6) is 0.889. The van der Waals surface area contributed by atoms with Crippen molar-refractivity contribution in [3.8, 4) is 5.75 Å². The van der Waals surface area contributed by atoms with Crippen LogP contribution >= 0.6 is 0 Å². The van der Waals surface area contributed by atoms with Gasteiger partial charge in [-0.25, -0.2) is 0 Å². The molecule has 1 heterocycles. The number of nitrogens with one attached hydrogen (secondary N) is 1. The lowest BCUT2D eigenvalue weighted by molar-refractivity contribution is -0.115. The van der Waals surface area contributed by atoms with Crippen LogP contribution in [-0.2, 0) is 11.2 Å². The number of hydrogen-bond acceptors (Lipinski definition) is 2. The Labute approximate surface area is 83.1 Å².